The molecule has 0 spiro atoms. The van der Waals surface area contributed by atoms with Crippen LogP contribution in [0.15, 0.2) is 47.4 Å². The molecule has 1 heterocycles. The Morgan fingerprint density at radius 2 is 1.84 bits per heavy atom. The molecule has 0 saturated carbocycles. The van der Waals surface area contributed by atoms with Crippen molar-refractivity contribution < 1.29 is 4.79 Å². The van der Waals surface area contributed by atoms with E-state index < -0.39 is 0 Å². The Morgan fingerprint density at radius 3 is 2.68 bits per heavy atom. The third kappa shape index (κ3) is 6.50. The van der Waals surface area contributed by atoms with E-state index in [0.29, 0.717) is 5.75 Å². The number of carbonyl (C=O) groups excluding carboxylic acids is 1. The van der Waals surface area contributed by atoms with Crippen molar-refractivity contribution in [3.63, 3.8) is 0 Å². The Kier molecular flexibility index (Phi) is 7.92. The number of aryl methyl sites for hydroxylation is 3. The SMILES string of the molecule is Cc1cccc(N2CCN(CCCCNC(=O)CSc3ccc4c(c3)CCC4)CC2)c1. The number of amides is 1. The highest BCUT2D eigenvalue weighted by Crippen LogP contribution is 2.27. The van der Waals surface area contributed by atoms with Gasteiger partial charge in [-0.1, -0.05) is 18.2 Å². The molecule has 4 rings (SSSR count). The van der Waals surface area contributed by atoms with E-state index >= 15 is 0 Å². The summed E-state index contributed by atoms with van der Waals surface area (Å²) in [6, 6.07) is 15.5. The van der Waals surface area contributed by atoms with Crippen LogP contribution in [-0.2, 0) is 17.6 Å². The molecule has 0 aromatic heterocycles. The van der Waals surface area contributed by atoms with Crippen LogP contribution in [-0.4, -0.2) is 55.8 Å². The number of anilines is 1. The second-order valence-electron chi connectivity index (χ2n) is 8.80. The predicted molar refractivity (Wildman–Crippen MR) is 131 cm³/mol. The van der Waals surface area contributed by atoms with E-state index in [1.165, 1.54) is 46.5 Å². The van der Waals surface area contributed by atoms with Crippen molar-refractivity contribution in [3.05, 3.63) is 59.2 Å². The van der Waals surface area contributed by atoms with Crippen LogP contribution in [0, 0.1) is 6.92 Å². The second kappa shape index (κ2) is 11.1. The fraction of sp³-hybridized carbons (Fsp3) is 0.500. The zero-order valence-corrected chi connectivity index (χ0v) is 19.6. The molecular weight excluding hydrogens is 402 g/mol. The molecular formula is C26H35N3OS. The summed E-state index contributed by atoms with van der Waals surface area (Å²) in [6.45, 7) is 8.51. The van der Waals surface area contributed by atoms with Gasteiger partial charge in [-0.15, -0.1) is 11.8 Å². The van der Waals surface area contributed by atoms with E-state index in [1.54, 1.807) is 11.8 Å². The van der Waals surface area contributed by atoms with E-state index in [0.717, 1.165) is 52.1 Å². The minimum absolute atomic E-state index is 0.150. The predicted octanol–water partition coefficient (Wildman–Crippen LogP) is 4.29. The summed E-state index contributed by atoms with van der Waals surface area (Å²) in [7, 11) is 0. The van der Waals surface area contributed by atoms with Crippen LogP contribution in [0.2, 0.25) is 0 Å². The molecule has 0 atom stereocenters. The van der Waals surface area contributed by atoms with Crippen LogP contribution in [0.1, 0.15) is 36.0 Å². The summed E-state index contributed by atoms with van der Waals surface area (Å²) < 4.78 is 0. The number of piperazine rings is 1. The van der Waals surface area contributed by atoms with Gasteiger partial charge in [0, 0.05) is 43.3 Å². The number of nitrogens with zero attached hydrogens (tertiary/aromatic N) is 2. The minimum atomic E-state index is 0.150. The molecule has 1 N–H and O–H groups in total. The van der Waals surface area contributed by atoms with E-state index in [4.69, 9.17) is 0 Å². The van der Waals surface area contributed by atoms with E-state index in [2.05, 4.69) is 64.5 Å². The van der Waals surface area contributed by atoms with Gasteiger partial charge in [-0.3, -0.25) is 9.69 Å². The Morgan fingerprint density at radius 1 is 1.00 bits per heavy atom. The normalized spacial score (nSPS) is 16.4. The van der Waals surface area contributed by atoms with Gasteiger partial charge in [-0.05, 0) is 86.5 Å². The van der Waals surface area contributed by atoms with Crippen LogP contribution >= 0.6 is 11.8 Å². The molecule has 2 aromatic carbocycles. The number of rotatable bonds is 9. The zero-order valence-electron chi connectivity index (χ0n) is 18.7. The maximum absolute atomic E-state index is 12.2. The standard InChI is InChI=1S/C26H35N3OS/c1-21-6-4-9-24(18-21)29-16-14-28(15-17-29)13-3-2-12-27-26(30)20-31-25-11-10-22-7-5-8-23(22)19-25/h4,6,9-11,18-19H,2-3,5,7-8,12-17,20H2,1H3,(H,27,30). The number of hydrogen-bond donors (Lipinski definition) is 1. The zero-order chi connectivity index (χ0) is 21.5. The molecule has 31 heavy (non-hydrogen) atoms. The summed E-state index contributed by atoms with van der Waals surface area (Å²) in [5.74, 6) is 0.664. The average Bonchev–Trinajstić information content (AvgIpc) is 3.26. The van der Waals surface area contributed by atoms with Gasteiger partial charge in [-0.25, -0.2) is 0 Å². The average molecular weight is 438 g/mol. The van der Waals surface area contributed by atoms with E-state index in [-0.39, 0.29) is 5.91 Å². The maximum Gasteiger partial charge on any atom is 0.230 e. The molecule has 1 fully saturated rings. The van der Waals surface area contributed by atoms with Gasteiger partial charge >= 0.3 is 0 Å². The highest BCUT2D eigenvalue weighted by atomic mass is 32.2. The van der Waals surface area contributed by atoms with Gasteiger partial charge in [0.25, 0.3) is 0 Å². The Bertz CT molecular complexity index is 877. The van der Waals surface area contributed by atoms with Gasteiger partial charge in [0.1, 0.15) is 0 Å². The van der Waals surface area contributed by atoms with Crippen LogP contribution in [0.5, 0.6) is 0 Å². The first kappa shape index (κ1) is 22.2. The molecule has 0 bridgehead atoms. The van der Waals surface area contributed by atoms with Crippen LogP contribution in [0.3, 0.4) is 0 Å². The number of benzene rings is 2. The topological polar surface area (TPSA) is 35.6 Å². The van der Waals surface area contributed by atoms with Crippen LogP contribution in [0.25, 0.3) is 0 Å². The quantitative estimate of drug-likeness (QED) is 0.469. The summed E-state index contributed by atoms with van der Waals surface area (Å²) >= 11 is 1.66. The van der Waals surface area contributed by atoms with E-state index in [9.17, 15) is 4.79 Å². The first-order valence-corrected chi connectivity index (χ1v) is 12.7. The van der Waals surface area contributed by atoms with Crippen molar-refractivity contribution in [1.82, 2.24) is 10.2 Å². The van der Waals surface area contributed by atoms with Gasteiger partial charge in [-0.2, -0.15) is 0 Å². The number of hydrogen-bond acceptors (Lipinski definition) is 4. The largest absolute Gasteiger partial charge is 0.369 e. The van der Waals surface area contributed by atoms with Crippen molar-refractivity contribution in [3.8, 4) is 0 Å². The fourth-order valence-electron chi connectivity index (χ4n) is 4.58. The van der Waals surface area contributed by atoms with Crippen LogP contribution < -0.4 is 10.2 Å². The highest BCUT2D eigenvalue weighted by Gasteiger charge is 2.17. The lowest BCUT2D eigenvalue weighted by Crippen LogP contribution is -2.46. The Labute approximate surface area is 191 Å². The molecule has 5 heteroatoms. The third-order valence-electron chi connectivity index (χ3n) is 6.40. The summed E-state index contributed by atoms with van der Waals surface area (Å²) in [5.41, 5.74) is 5.64. The van der Waals surface area contributed by atoms with Crippen LogP contribution in [0.4, 0.5) is 5.69 Å². The van der Waals surface area contributed by atoms with Crippen molar-refractivity contribution in [2.24, 2.45) is 0 Å². The maximum atomic E-state index is 12.2. The smallest absolute Gasteiger partial charge is 0.230 e. The molecule has 2 aliphatic rings. The monoisotopic (exact) mass is 437 g/mol. The number of thioether (sulfide) groups is 1. The minimum Gasteiger partial charge on any atom is -0.369 e. The second-order valence-corrected chi connectivity index (χ2v) is 9.85. The van der Waals surface area contributed by atoms with Gasteiger partial charge in [0.15, 0.2) is 0 Å². The molecule has 1 aliphatic carbocycles. The first-order valence-electron chi connectivity index (χ1n) is 11.7. The number of carbonyl (C=O) groups is 1. The summed E-state index contributed by atoms with van der Waals surface area (Å²) in [5, 5.41) is 3.09. The lowest BCUT2D eigenvalue weighted by Gasteiger charge is -2.36. The Balaban J connectivity index is 1.06. The molecule has 0 radical (unpaired) electrons. The lowest BCUT2D eigenvalue weighted by molar-refractivity contribution is -0.118. The summed E-state index contributed by atoms with van der Waals surface area (Å²) in [4.78, 5) is 18.4. The number of fused-ring (bicyclic) bond motifs is 1. The fourth-order valence-corrected chi connectivity index (χ4v) is 5.37. The lowest BCUT2D eigenvalue weighted by atomic mass is 10.1. The summed E-state index contributed by atoms with van der Waals surface area (Å²) in [6.07, 6.45) is 5.86. The van der Waals surface area contributed by atoms with Crippen molar-refractivity contribution >= 4 is 23.4 Å². The molecule has 166 valence electrons. The van der Waals surface area contributed by atoms with Crippen molar-refractivity contribution in [2.45, 2.75) is 43.9 Å². The molecule has 0 unspecified atom stereocenters. The molecule has 1 aliphatic heterocycles. The first-order chi connectivity index (χ1) is 15.2. The molecule has 1 saturated heterocycles. The van der Waals surface area contributed by atoms with Gasteiger partial charge in [0.2, 0.25) is 5.91 Å². The number of unbranched alkanes of at least 4 members (excludes halogenated alkanes) is 1. The Hall–Kier alpha value is -1.98. The van der Waals surface area contributed by atoms with Crippen molar-refractivity contribution in [1.29, 1.82) is 0 Å². The number of nitrogens with one attached hydrogen (secondary N) is 1. The van der Waals surface area contributed by atoms with Gasteiger partial charge in [0.05, 0.1) is 5.75 Å². The van der Waals surface area contributed by atoms with Gasteiger partial charge < -0.3 is 10.2 Å². The molecule has 2 aromatic rings. The molecule has 1 amide bonds. The van der Waals surface area contributed by atoms with Crippen molar-refractivity contribution in [2.75, 3.05) is 49.9 Å². The van der Waals surface area contributed by atoms with E-state index in [1.807, 2.05) is 0 Å². The third-order valence-corrected chi connectivity index (χ3v) is 7.40. The molecule has 4 nitrogen and oxygen atoms in total. The highest BCUT2D eigenvalue weighted by molar-refractivity contribution is 8.00.